The first-order valence-corrected chi connectivity index (χ1v) is 18.4. The molecule has 0 aliphatic carbocycles. The molecule has 9 aromatic carbocycles. The van der Waals surface area contributed by atoms with E-state index in [9.17, 15) is 0 Å². The molecule has 10 rings (SSSR count). The molecule has 0 radical (unpaired) electrons. The second kappa shape index (κ2) is 13.4. The normalized spacial score (nSPS) is 11.3. The number of benzene rings is 9. The van der Waals surface area contributed by atoms with Crippen molar-refractivity contribution < 1.29 is 4.42 Å². The Kier molecular flexibility index (Phi) is 7.85. The van der Waals surface area contributed by atoms with Crippen LogP contribution in [0, 0.1) is 0 Å². The van der Waals surface area contributed by atoms with Crippen molar-refractivity contribution >= 4 is 49.8 Å². The highest BCUT2D eigenvalue weighted by molar-refractivity contribution is 6.19. The van der Waals surface area contributed by atoms with E-state index >= 15 is 0 Å². The summed E-state index contributed by atoms with van der Waals surface area (Å²) in [6.07, 6.45) is 0. The highest BCUT2D eigenvalue weighted by Crippen LogP contribution is 2.48. The van der Waals surface area contributed by atoms with Crippen LogP contribution in [-0.2, 0) is 0 Å². The quantitative estimate of drug-likeness (QED) is 0.166. The van der Waals surface area contributed by atoms with Crippen LogP contribution >= 0.6 is 0 Å². The molecule has 2 nitrogen and oxygen atoms in total. The van der Waals surface area contributed by atoms with Crippen molar-refractivity contribution in [3.63, 3.8) is 0 Å². The van der Waals surface area contributed by atoms with Gasteiger partial charge >= 0.3 is 0 Å². The van der Waals surface area contributed by atoms with Crippen molar-refractivity contribution in [2.75, 3.05) is 4.90 Å². The van der Waals surface area contributed by atoms with Crippen LogP contribution in [0.2, 0.25) is 0 Å². The van der Waals surface area contributed by atoms with Gasteiger partial charge in [0.05, 0.1) is 5.69 Å². The smallest absolute Gasteiger partial charge is 0.160 e. The van der Waals surface area contributed by atoms with Gasteiger partial charge in [0.1, 0.15) is 5.58 Å². The van der Waals surface area contributed by atoms with Crippen molar-refractivity contribution in [1.82, 2.24) is 0 Å². The Hall–Kier alpha value is -7.16. The van der Waals surface area contributed by atoms with Crippen molar-refractivity contribution in [3.8, 4) is 44.5 Å². The van der Waals surface area contributed by atoms with Crippen LogP contribution in [0.1, 0.15) is 0 Å². The molecule has 1 heterocycles. The first-order valence-electron chi connectivity index (χ1n) is 18.4. The second-order valence-electron chi connectivity index (χ2n) is 13.7. The first-order chi connectivity index (χ1) is 26.8. The van der Waals surface area contributed by atoms with Gasteiger partial charge in [-0.3, -0.25) is 0 Å². The van der Waals surface area contributed by atoms with E-state index in [-0.39, 0.29) is 0 Å². The van der Waals surface area contributed by atoms with Crippen LogP contribution in [0.5, 0.6) is 0 Å². The van der Waals surface area contributed by atoms with E-state index in [4.69, 9.17) is 4.42 Å². The van der Waals surface area contributed by atoms with Crippen LogP contribution in [0.25, 0.3) is 77.2 Å². The summed E-state index contributed by atoms with van der Waals surface area (Å²) in [5, 5.41) is 4.63. The minimum absolute atomic E-state index is 0.846. The standard InChI is InChI=1S/C52H35NO/c1-4-13-36(14-5-1)39-25-29-44(30-26-39)53(45-31-27-40(28-32-45)37-15-6-2-7-16-37)49-34-33-46(43-24-23-38-17-10-11-20-42(38)35-43)50-48-22-12-21-47(51(48)54-52(49)50)41-18-8-3-9-19-41/h1-35H. The largest absolute Gasteiger partial charge is 0.453 e. The highest BCUT2D eigenvalue weighted by atomic mass is 16.3. The van der Waals surface area contributed by atoms with E-state index in [1.165, 1.54) is 33.0 Å². The van der Waals surface area contributed by atoms with Gasteiger partial charge in [-0.1, -0.05) is 176 Å². The molecule has 0 atom stereocenters. The van der Waals surface area contributed by atoms with Crippen molar-refractivity contribution in [1.29, 1.82) is 0 Å². The third-order valence-corrected chi connectivity index (χ3v) is 10.5. The fourth-order valence-corrected chi connectivity index (χ4v) is 7.80. The van der Waals surface area contributed by atoms with E-state index < -0.39 is 0 Å². The highest BCUT2D eigenvalue weighted by Gasteiger charge is 2.24. The van der Waals surface area contributed by atoms with E-state index in [0.29, 0.717) is 0 Å². The summed E-state index contributed by atoms with van der Waals surface area (Å²) < 4.78 is 7.19. The fraction of sp³-hybridized carbons (Fsp3) is 0. The molecule has 0 saturated carbocycles. The van der Waals surface area contributed by atoms with Crippen molar-refractivity contribution in [3.05, 3.63) is 212 Å². The molecule has 10 aromatic rings. The Labute approximate surface area is 314 Å². The van der Waals surface area contributed by atoms with Gasteiger partial charge in [0.2, 0.25) is 0 Å². The number of rotatable bonds is 7. The molecule has 1 aromatic heterocycles. The Bertz CT molecular complexity index is 2810. The number of nitrogens with zero attached hydrogens (tertiary/aromatic N) is 1. The zero-order valence-electron chi connectivity index (χ0n) is 29.6. The van der Waals surface area contributed by atoms with Gasteiger partial charge in [-0.05, 0) is 86.1 Å². The SMILES string of the molecule is c1ccc(-c2ccc(N(c3ccc(-c4ccccc4)cc3)c3ccc(-c4ccc5ccccc5c4)c4c3oc3c(-c5ccccc5)cccc34)cc2)cc1. The number of anilines is 3. The number of furan rings is 1. The Morgan fingerprint density at radius 1 is 0.315 bits per heavy atom. The van der Waals surface area contributed by atoms with Gasteiger partial charge in [0.15, 0.2) is 5.58 Å². The molecule has 0 unspecified atom stereocenters. The molecule has 0 aliphatic heterocycles. The Balaban J connectivity index is 1.22. The third kappa shape index (κ3) is 5.62. The lowest BCUT2D eigenvalue weighted by Gasteiger charge is -2.26. The van der Waals surface area contributed by atoms with Gasteiger partial charge in [-0.2, -0.15) is 0 Å². The molecule has 0 fully saturated rings. The zero-order chi connectivity index (χ0) is 35.8. The Morgan fingerprint density at radius 2 is 0.833 bits per heavy atom. The van der Waals surface area contributed by atoms with Gasteiger partial charge in [-0.15, -0.1) is 0 Å². The fourth-order valence-electron chi connectivity index (χ4n) is 7.80. The zero-order valence-corrected chi connectivity index (χ0v) is 29.6. The molecule has 0 aliphatic rings. The molecular formula is C52H35NO. The molecular weight excluding hydrogens is 655 g/mol. The number of fused-ring (bicyclic) bond motifs is 4. The lowest BCUT2D eigenvalue weighted by molar-refractivity contribution is 0.670. The second-order valence-corrected chi connectivity index (χ2v) is 13.7. The van der Waals surface area contributed by atoms with Gasteiger partial charge in [-0.25, -0.2) is 0 Å². The summed E-state index contributed by atoms with van der Waals surface area (Å²) >= 11 is 0. The van der Waals surface area contributed by atoms with Crippen LogP contribution in [0.4, 0.5) is 17.1 Å². The maximum atomic E-state index is 7.19. The molecule has 0 spiro atoms. The minimum Gasteiger partial charge on any atom is -0.453 e. The first kappa shape index (κ1) is 31.6. The van der Waals surface area contributed by atoms with Crippen molar-refractivity contribution in [2.45, 2.75) is 0 Å². The predicted molar refractivity (Wildman–Crippen MR) is 228 cm³/mol. The van der Waals surface area contributed by atoms with Gasteiger partial charge < -0.3 is 9.32 Å². The van der Waals surface area contributed by atoms with Crippen LogP contribution < -0.4 is 4.90 Å². The third-order valence-electron chi connectivity index (χ3n) is 10.5. The molecule has 0 saturated heterocycles. The number of para-hydroxylation sites is 1. The molecule has 0 N–H and O–H groups in total. The predicted octanol–water partition coefficient (Wildman–Crippen LogP) is 14.9. The Morgan fingerprint density at radius 3 is 1.44 bits per heavy atom. The van der Waals surface area contributed by atoms with Crippen LogP contribution in [0.15, 0.2) is 217 Å². The summed E-state index contributed by atoms with van der Waals surface area (Å²) in [5.41, 5.74) is 14.0. The van der Waals surface area contributed by atoms with E-state index in [1.54, 1.807) is 0 Å². The maximum absolute atomic E-state index is 7.19. The average Bonchev–Trinajstić information content (AvgIpc) is 3.65. The number of hydrogen-bond donors (Lipinski definition) is 0. The lowest BCUT2D eigenvalue weighted by atomic mass is 9.95. The van der Waals surface area contributed by atoms with Crippen LogP contribution in [-0.4, -0.2) is 0 Å². The summed E-state index contributed by atoms with van der Waals surface area (Å²) in [6, 6.07) is 75.7. The summed E-state index contributed by atoms with van der Waals surface area (Å²) in [7, 11) is 0. The van der Waals surface area contributed by atoms with Crippen molar-refractivity contribution in [2.24, 2.45) is 0 Å². The lowest BCUT2D eigenvalue weighted by Crippen LogP contribution is -2.10. The van der Waals surface area contributed by atoms with Gasteiger partial charge in [0.25, 0.3) is 0 Å². The van der Waals surface area contributed by atoms with Crippen LogP contribution in [0.3, 0.4) is 0 Å². The monoisotopic (exact) mass is 689 g/mol. The maximum Gasteiger partial charge on any atom is 0.160 e. The van der Waals surface area contributed by atoms with E-state index in [0.717, 1.165) is 61.3 Å². The topological polar surface area (TPSA) is 16.4 Å². The molecule has 0 amide bonds. The minimum atomic E-state index is 0.846. The van der Waals surface area contributed by atoms with E-state index in [2.05, 4.69) is 217 Å². The molecule has 2 heteroatoms. The molecule has 254 valence electrons. The molecule has 54 heavy (non-hydrogen) atoms. The summed E-state index contributed by atoms with van der Waals surface area (Å²) in [5.74, 6) is 0. The van der Waals surface area contributed by atoms with Gasteiger partial charge in [0, 0.05) is 27.7 Å². The van der Waals surface area contributed by atoms with E-state index in [1.807, 2.05) is 0 Å². The summed E-state index contributed by atoms with van der Waals surface area (Å²) in [6.45, 7) is 0. The average molecular weight is 690 g/mol. The summed E-state index contributed by atoms with van der Waals surface area (Å²) in [4.78, 5) is 2.33. The molecule has 0 bridgehead atoms. The number of hydrogen-bond acceptors (Lipinski definition) is 2.